The van der Waals surface area contributed by atoms with E-state index < -0.39 is 0 Å². The van der Waals surface area contributed by atoms with E-state index in [1.165, 1.54) is 0 Å². The molecule has 3 aliphatic rings. The number of hydrogen-bond donors (Lipinski definition) is 0. The molecule has 4 rings (SSSR count). The Morgan fingerprint density at radius 2 is 1.53 bits per heavy atom. The summed E-state index contributed by atoms with van der Waals surface area (Å²) in [5, 5.41) is 13.8. The standard InChI is InChI=1S/C28H30Cl2N6O2/c1-7-35-11-9-33(5)27(35)25(37)31-23-15-21(29)19(13-17(23)3)20-14-18(4)24(16-22(20)30)32-26(38)28-34(6)10-12-36(28)8-2/h9-16H,7-8H2,1-6H3/b20-19-,27-25+,31-23+,32-24?. The zero-order valence-corrected chi connectivity index (χ0v) is 23.8. The number of aliphatic imine (C=N–C) groups is 2. The molecule has 10 heteroatoms. The van der Waals surface area contributed by atoms with Crippen LogP contribution in [0, 0.1) is 0 Å². The van der Waals surface area contributed by atoms with E-state index in [9.17, 15) is 9.90 Å². The fourth-order valence-corrected chi connectivity index (χ4v) is 4.94. The number of nitrogens with zero attached hydrogens (tertiary/aromatic N) is 6. The van der Waals surface area contributed by atoms with Crippen LogP contribution in [0.3, 0.4) is 0 Å². The largest absolute Gasteiger partial charge is 0.856 e. The summed E-state index contributed by atoms with van der Waals surface area (Å²) < 4.78 is 3.59. The molecule has 2 aliphatic carbocycles. The highest BCUT2D eigenvalue weighted by Crippen LogP contribution is 2.35. The molecular weight excluding hydrogens is 523 g/mol. The number of carbonyl (C=O) groups excluding carboxylic acids is 1. The Kier molecular flexibility index (Phi) is 7.94. The van der Waals surface area contributed by atoms with E-state index in [2.05, 4.69) is 9.98 Å². The summed E-state index contributed by atoms with van der Waals surface area (Å²) in [4.78, 5) is 25.2. The van der Waals surface area contributed by atoms with Gasteiger partial charge in [0.05, 0.1) is 35.1 Å². The number of allylic oxidation sites excluding steroid dienone is 10. The smallest absolute Gasteiger partial charge is 0.360 e. The third kappa shape index (κ3) is 5.19. The molecule has 0 radical (unpaired) electrons. The fraction of sp³-hybridized carbons (Fsp3) is 0.286. The molecule has 0 spiro atoms. The number of hydrogen-bond acceptors (Lipinski definition) is 5. The molecule has 0 saturated carbocycles. The van der Waals surface area contributed by atoms with Crippen molar-refractivity contribution < 1.29 is 14.5 Å². The van der Waals surface area contributed by atoms with Crippen LogP contribution in [0.2, 0.25) is 0 Å². The van der Waals surface area contributed by atoms with E-state index in [1.807, 2.05) is 88.2 Å². The average Bonchev–Trinajstić information content (AvgIpc) is 3.44. The maximum absolute atomic E-state index is 13.0. The molecule has 198 valence electrons. The minimum Gasteiger partial charge on any atom is -0.856 e. The predicted molar refractivity (Wildman–Crippen MR) is 149 cm³/mol. The van der Waals surface area contributed by atoms with Crippen molar-refractivity contribution in [3.63, 3.8) is 0 Å². The quantitative estimate of drug-likeness (QED) is 0.417. The molecule has 1 amide bonds. The van der Waals surface area contributed by atoms with Crippen molar-refractivity contribution in [2.24, 2.45) is 17.0 Å². The molecule has 38 heavy (non-hydrogen) atoms. The van der Waals surface area contributed by atoms with Gasteiger partial charge in [0.15, 0.2) is 0 Å². The van der Waals surface area contributed by atoms with Crippen LogP contribution in [0.15, 0.2) is 103 Å². The molecule has 0 saturated heterocycles. The molecule has 1 aromatic heterocycles. The molecule has 1 aromatic rings. The van der Waals surface area contributed by atoms with Gasteiger partial charge in [0, 0.05) is 43.0 Å². The minimum atomic E-state index is -0.349. The fourth-order valence-electron chi connectivity index (χ4n) is 4.42. The zero-order chi connectivity index (χ0) is 27.7. The van der Waals surface area contributed by atoms with Gasteiger partial charge in [-0.15, -0.1) is 0 Å². The molecule has 0 N–H and O–H groups in total. The first-order valence-electron chi connectivity index (χ1n) is 12.3. The summed E-state index contributed by atoms with van der Waals surface area (Å²) in [7, 11) is 3.63. The Morgan fingerprint density at radius 3 is 2.08 bits per heavy atom. The molecular formula is C28H30Cl2N6O2. The van der Waals surface area contributed by atoms with E-state index in [0.29, 0.717) is 57.4 Å². The van der Waals surface area contributed by atoms with Gasteiger partial charge in [-0.25, -0.2) is 14.1 Å². The topological polar surface area (TPSA) is 80.1 Å². The van der Waals surface area contributed by atoms with Gasteiger partial charge in [0.25, 0.3) is 0 Å². The van der Waals surface area contributed by atoms with Crippen molar-refractivity contribution in [3.05, 3.63) is 99.0 Å². The first kappa shape index (κ1) is 27.4. The monoisotopic (exact) mass is 552 g/mol. The number of amides is 1. The third-order valence-electron chi connectivity index (χ3n) is 6.52. The van der Waals surface area contributed by atoms with Crippen LogP contribution < -0.4 is 9.67 Å². The second-order valence-electron chi connectivity index (χ2n) is 9.11. The summed E-state index contributed by atoms with van der Waals surface area (Å²) >= 11 is 13.4. The lowest BCUT2D eigenvalue weighted by Crippen LogP contribution is -2.35. The molecule has 1 aliphatic heterocycles. The van der Waals surface area contributed by atoms with Gasteiger partial charge in [0.2, 0.25) is 0 Å². The summed E-state index contributed by atoms with van der Waals surface area (Å²) in [6.07, 6.45) is 14.4. The Balaban J connectivity index is 1.67. The van der Waals surface area contributed by atoms with Crippen LogP contribution in [0.4, 0.5) is 0 Å². The van der Waals surface area contributed by atoms with Crippen LogP contribution in [0.25, 0.3) is 0 Å². The van der Waals surface area contributed by atoms with Gasteiger partial charge in [-0.2, -0.15) is 0 Å². The molecule has 0 bridgehead atoms. The normalized spacial score (nSPS) is 23.2. The highest BCUT2D eigenvalue weighted by Gasteiger charge is 2.25. The van der Waals surface area contributed by atoms with Crippen molar-refractivity contribution in [2.45, 2.75) is 34.2 Å². The Bertz CT molecular complexity index is 1480. The lowest BCUT2D eigenvalue weighted by molar-refractivity contribution is -0.672. The van der Waals surface area contributed by atoms with E-state index in [0.717, 1.165) is 11.1 Å². The lowest BCUT2D eigenvalue weighted by atomic mass is 9.92. The van der Waals surface area contributed by atoms with Crippen LogP contribution in [-0.2, 0) is 13.6 Å². The van der Waals surface area contributed by atoms with E-state index in [4.69, 9.17) is 23.2 Å². The molecule has 0 atom stereocenters. The van der Waals surface area contributed by atoms with Crippen molar-refractivity contribution in [1.29, 1.82) is 0 Å². The van der Waals surface area contributed by atoms with Crippen molar-refractivity contribution >= 4 is 40.5 Å². The molecule has 0 unspecified atom stereocenters. The predicted octanol–water partition coefficient (Wildman–Crippen LogP) is 4.04. The Hall–Kier alpha value is -3.62. The first-order chi connectivity index (χ1) is 18.0. The van der Waals surface area contributed by atoms with E-state index in [1.54, 1.807) is 21.6 Å². The average molecular weight is 553 g/mol. The Morgan fingerprint density at radius 1 is 0.947 bits per heavy atom. The number of imidazole rings is 1. The van der Waals surface area contributed by atoms with Gasteiger partial charge >= 0.3 is 11.7 Å². The number of rotatable bonds is 4. The zero-order valence-electron chi connectivity index (χ0n) is 22.3. The van der Waals surface area contributed by atoms with Gasteiger partial charge in [-0.3, -0.25) is 9.79 Å². The van der Waals surface area contributed by atoms with E-state index in [-0.39, 0.29) is 11.8 Å². The van der Waals surface area contributed by atoms with Crippen molar-refractivity contribution in [2.75, 3.05) is 13.6 Å². The number of aryl methyl sites for hydroxylation is 2. The highest BCUT2D eigenvalue weighted by molar-refractivity contribution is 6.38. The lowest BCUT2D eigenvalue weighted by Gasteiger charge is -2.26. The number of aromatic nitrogens is 2. The molecule has 0 aromatic carbocycles. The van der Waals surface area contributed by atoms with Gasteiger partial charge in [-0.1, -0.05) is 23.2 Å². The van der Waals surface area contributed by atoms with Crippen LogP contribution in [-0.4, -0.2) is 45.3 Å². The maximum atomic E-state index is 13.0. The van der Waals surface area contributed by atoms with Crippen LogP contribution in [0.5, 0.6) is 0 Å². The minimum absolute atomic E-state index is 0.349. The van der Waals surface area contributed by atoms with Gasteiger partial charge in [-0.05, 0) is 63.1 Å². The third-order valence-corrected chi connectivity index (χ3v) is 7.15. The molecule has 0 fully saturated rings. The maximum Gasteiger partial charge on any atom is 0.360 e. The van der Waals surface area contributed by atoms with Crippen molar-refractivity contribution in [1.82, 2.24) is 14.4 Å². The second kappa shape index (κ2) is 11.0. The van der Waals surface area contributed by atoms with Crippen LogP contribution >= 0.6 is 23.2 Å². The summed E-state index contributed by atoms with van der Waals surface area (Å²) in [6.45, 7) is 9.00. The second-order valence-corrected chi connectivity index (χ2v) is 9.92. The number of halogens is 2. The summed E-state index contributed by atoms with van der Waals surface area (Å²) in [5.74, 6) is 0.274. The highest BCUT2D eigenvalue weighted by atomic mass is 35.5. The van der Waals surface area contributed by atoms with E-state index >= 15 is 0 Å². The first-order valence-corrected chi connectivity index (χ1v) is 13.0. The molecule has 8 nitrogen and oxygen atoms in total. The van der Waals surface area contributed by atoms with Crippen molar-refractivity contribution in [3.8, 4) is 0 Å². The SMILES string of the molecule is CCN1C=CN(C)/C1=C([O-])/N=C1C=C(Cl)/C(=C2/C=C(C)C(=NC(=O)c3n(CC)cc[n+]3C)C=C2Cl)C=C\1C. The Labute approximate surface area is 232 Å². The number of carbonyl (C=O) groups is 1. The summed E-state index contributed by atoms with van der Waals surface area (Å²) in [6, 6.07) is 0. The molecule has 2 heterocycles. The summed E-state index contributed by atoms with van der Waals surface area (Å²) in [5.41, 5.74) is 3.94. The van der Waals surface area contributed by atoms with Gasteiger partial charge < -0.3 is 14.9 Å². The van der Waals surface area contributed by atoms with Gasteiger partial charge in [0.1, 0.15) is 18.2 Å². The van der Waals surface area contributed by atoms with Crippen LogP contribution in [0.1, 0.15) is 38.3 Å².